The summed E-state index contributed by atoms with van der Waals surface area (Å²) in [6.07, 6.45) is 2.03. The minimum Gasteiger partial charge on any atom is -0.507 e. The van der Waals surface area contributed by atoms with Gasteiger partial charge in [0.25, 0.3) is 5.56 Å². The van der Waals surface area contributed by atoms with Gasteiger partial charge >= 0.3 is 0 Å². The smallest absolute Gasteiger partial charge is 0.250 e. The van der Waals surface area contributed by atoms with Gasteiger partial charge in [0.2, 0.25) is 0 Å². The van der Waals surface area contributed by atoms with Crippen LogP contribution in [0.4, 0.5) is 5.82 Å². The third kappa shape index (κ3) is 4.59. The number of nitrogens with one attached hydrogen (secondary N) is 1. The first kappa shape index (κ1) is 24.0. The number of aromatic nitrogens is 3. The van der Waals surface area contributed by atoms with Crippen LogP contribution in [-0.2, 0) is 7.05 Å². The first-order chi connectivity index (χ1) is 14.5. The zero-order valence-electron chi connectivity index (χ0n) is 19.5. The van der Waals surface area contributed by atoms with Crippen molar-refractivity contribution in [3.63, 3.8) is 0 Å². The van der Waals surface area contributed by atoms with Crippen molar-refractivity contribution in [2.24, 2.45) is 7.05 Å². The van der Waals surface area contributed by atoms with Crippen LogP contribution in [0.15, 0.2) is 41.2 Å². The van der Waals surface area contributed by atoms with Crippen LogP contribution in [0.1, 0.15) is 40.5 Å². The lowest BCUT2D eigenvalue weighted by Crippen LogP contribution is -2.62. The predicted octanol–water partition coefficient (Wildman–Crippen LogP) is 3.87. The molecule has 2 N–H and O–H groups in total. The molecule has 0 radical (unpaired) electrons. The Morgan fingerprint density at radius 1 is 1.06 bits per heavy atom. The number of nitrogens with zero attached hydrogens (tertiary/aromatic N) is 4. The number of phenolic OH excluding ortho intramolecular Hbond substituents is 1. The van der Waals surface area contributed by atoms with E-state index in [2.05, 4.69) is 55.2 Å². The highest BCUT2D eigenvalue weighted by Gasteiger charge is 2.39. The van der Waals surface area contributed by atoms with Gasteiger partial charge in [0.1, 0.15) is 5.75 Å². The van der Waals surface area contributed by atoms with E-state index in [1.54, 1.807) is 19.2 Å². The van der Waals surface area contributed by atoms with Gasteiger partial charge in [-0.05, 0) is 70.2 Å². The van der Waals surface area contributed by atoms with E-state index in [0.29, 0.717) is 22.8 Å². The number of benzene rings is 1. The molecule has 0 spiro atoms. The van der Waals surface area contributed by atoms with E-state index >= 15 is 0 Å². The second kappa shape index (κ2) is 8.37. The van der Waals surface area contributed by atoms with Gasteiger partial charge in [-0.3, -0.25) is 4.79 Å². The van der Waals surface area contributed by atoms with Crippen LogP contribution in [0, 0.1) is 0 Å². The number of piperidine rings is 1. The molecular formula is C24H32ClN5O2. The monoisotopic (exact) mass is 457 g/mol. The standard InChI is InChI=1S/C24H31N5O2.ClH/c1-23(2)13-16(14-24(3,4)27-23)28(5)21-9-8-18(25-26-21)17-11-15-7-10-22(31)29(6)19(15)12-20(17)30;/h7-12,16,27,30H,13-14H2,1-6H3;1H. The van der Waals surface area contributed by atoms with Crippen molar-refractivity contribution in [1.82, 2.24) is 20.1 Å². The van der Waals surface area contributed by atoms with Crippen molar-refractivity contribution in [2.45, 2.75) is 57.7 Å². The summed E-state index contributed by atoms with van der Waals surface area (Å²) < 4.78 is 1.52. The van der Waals surface area contributed by atoms with Crippen molar-refractivity contribution in [3.8, 4) is 17.0 Å². The van der Waals surface area contributed by atoms with E-state index in [4.69, 9.17) is 0 Å². The molecule has 172 valence electrons. The molecule has 32 heavy (non-hydrogen) atoms. The number of hydrogen-bond donors (Lipinski definition) is 2. The molecule has 3 heterocycles. The molecule has 0 bridgehead atoms. The average Bonchev–Trinajstić information content (AvgIpc) is 2.68. The van der Waals surface area contributed by atoms with Crippen molar-refractivity contribution in [2.75, 3.05) is 11.9 Å². The predicted molar refractivity (Wildman–Crippen MR) is 132 cm³/mol. The normalized spacial score (nSPS) is 17.7. The maximum atomic E-state index is 11.9. The second-order valence-electron chi connectivity index (χ2n) is 10.0. The summed E-state index contributed by atoms with van der Waals surface area (Å²) in [6, 6.07) is 10.9. The van der Waals surface area contributed by atoms with Crippen molar-refractivity contribution in [3.05, 3.63) is 46.8 Å². The Bertz CT molecular complexity index is 1170. The summed E-state index contributed by atoms with van der Waals surface area (Å²) in [5.74, 6) is 0.885. The van der Waals surface area contributed by atoms with Gasteiger partial charge in [-0.15, -0.1) is 22.6 Å². The van der Waals surface area contributed by atoms with E-state index in [0.717, 1.165) is 24.0 Å². The summed E-state index contributed by atoms with van der Waals surface area (Å²) in [4.78, 5) is 14.1. The zero-order valence-corrected chi connectivity index (χ0v) is 20.3. The van der Waals surface area contributed by atoms with E-state index < -0.39 is 0 Å². The molecule has 1 aliphatic rings. The molecule has 1 aromatic carbocycles. The Labute approximate surface area is 194 Å². The van der Waals surface area contributed by atoms with Crippen molar-refractivity contribution in [1.29, 1.82) is 0 Å². The average molecular weight is 458 g/mol. The van der Waals surface area contributed by atoms with E-state index in [9.17, 15) is 9.90 Å². The van der Waals surface area contributed by atoms with Crippen LogP contribution in [-0.4, -0.2) is 44.0 Å². The molecule has 1 saturated heterocycles. The number of anilines is 1. The molecule has 0 atom stereocenters. The Hall–Kier alpha value is -2.64. The van der Waals surface area contributed by atoms with Crippen molar-refractivity contribution < 1.29 is 5.11 Å². The number of rotatable bonds is 3. The molecule has 0 amide bonds. The number of phenols is 1. The summed E-state index contributed by atoms with van der Waals surface area (Å²) in [5, 5.41) is 24.0. The molecule has 0 unspecified atom stereocenters. The Balaban J connectivity index is 0.00000289. The lowest BCUT2D eigenvalue weighted by Gasteiger charge is -2.49. The molecule has 0 saturated carbocycles. The molecule has 2 aromatic heterocycles. The Kier molecular flexibility index (Phi) is 6.28. The molecule has 0 aliphatic carbocycles. The maximum absolute atomic E-state index is 11.9. The third-order valence-corrected chi connectivity index (χ3v) is 6.25. The lowest BCUT2D eigenvalue weighted by atomic mass is 9.79. The number of pyridine rings is 1. The van der Waals surface area contributed by atoms with Gasteiger partial charge in [0.05, 0.1) is 11.2 Å². The minimum absolute atomic E-state index is 0. The number of halogens is 1. The van der Waals surface area contributed by atoms with Gasteiger partial charge in [0.15, 0.2) is 5.82 Å². The number of aromatic hydroxyl groups is 1. The summed E-state index contributed by atoms with van der Waals surface area (Å²) >= 11 is 0. The molecule has 1 aliphatic heterocycles. The fourth-order valence-electron chi connectivity index (χ4n) is 5.00. The summed E-state index contributed by atoms with van der Waals surface area (Å²) in [5.41, 5.74) is 1.84. The lowest BCUT2D eigenvalue weighted by molar-refractivity contribution is 0.160. The van der Waals surface area contributed by atoms with Crippen LogP contribution in [0.2, 0.25) is 0 Å². The highest BCUT2D eigenvalue weighted by atomic mass is 35.5. The van der Waals surface area contributed by atoms with Gasteiger partial charge in [-0.25, -0.2) is 0 Å². The van der Waals surface area contributed by atoms with E-state index in [1.807, 2.05) is 18.2 Å². The third-order valence-electron chi connectivity index (χ3n) is 6.25. The minimum atomic E-state index is -0.115. The molecule has 1 fully saturated rings. The Morgan fingerprint density at radius 3 is 2.31 bits per heavy atom. The maximum Gasteiger partial charge on any atom is 0.250 e. The molecular weight excluding hydrogens is 426 g/mol. The first-order valence-corrected chi connectivity index (χ1v) is 10.6. The zero-order chi connectivity index (χ0) is 22.6. The summed E-state index contributed by atoms with van der Waals surface area (Å²) in [6.45, 7) is 8.95. The van der Waals surface area contributed by atoms with Crippen LogP contribution in [0.5, 0.6) is 5.75 Å². The first-order valence-electron chi connectivity index (χ1n) is 10.6. The van der Waals surface area contributed by atoms with Crippen LogP contribution in [0.25, 0.3) is 22.2 Å². The fraction of sp³-hybridized carbons (Fsp3) is 0.458. The molecule has 8 heteroatoms. The highest BCUT2D eigenvalue weighted by molar-refractivity contribution is 5.87. The van der Waals surface area contributed by atoms with E-state index in [1.165, 1.54) is 10.6 Å². The van der Waals surface area contributed by atoms with Crippen LogP contribution in [0.3, 0.4) is 0 Å². The van der Waals surface area contributed by atoms with Crippen LogP contribution < -0.4 is 15.8 Å². The molecule has 7 nitrogen and oxygen atoms in total. The fourth-order valence-corrected chi connectivity index (χ4v) is 5.00. The summed E-state index contributed by atoms with van der Waals surface area (Å²) in [7, 11) is 3.76. The number of fused-ring (bicyclic) bond motifs is 1. The second-order valence-corrected chi connectivity index (χ2v) is 10.0. The van der Waals surface area contributed by atoms with Crippen LogP contribution >= 0.6 is 12.4 Å². The molecule has 3 aromatic rings. The quantitative estimate of drug-likeness (QED) is 0.621. The van der Waals surface area contributed by atoms with Crippen molar-refractivity contribution >= 4 is 29.1 Å². The van der Waals surface area contributed by atoms with Gasteiger partial charge in [0, 0.05) is 48.9 Å². The molecule has 4 rings (SSSR count). The SMILES string of the molecule is CN(c1ccc(-c2cc3ccc(=O)n(C)c3cc2O)nn1)C1CC(C)(C)NC(C)(C)C1.Cl. The van der Waals surface area contributed by atoms with Gasteiger partial charge in [-0.1, -0.05) is 0 Å². The Morgan fingerprint density at radius 2 is 1.72 bits per heavy atom. The topological polar surface area (TPSA) is 83.3 Å². The number of aryl methyl sites for hydroxylation is 1. The number of hydrogen-bond acceptors (Lipinski definition) is 6. The van der Waals surface area contributed by atoms with E-state index in [-0.39, 0.29) is 34.8 Å². The van der Waals surface area contributed by atoms with Gasteiger partial charge < -0.3 is 19.9 Å². The van der Waals surface area contributed by atoms with Gasteiger partial charge in [-0.2, -0.15) is 0 Å². The highest BCUT2D eigenvalue weighted by Crippen LogP contribution is 2.34. The largest absolute Gasteiger partial charge is 0.507 e.